The minimum Gasteiger partial charge on any atom is -0.495 e. The average molecular weight is 434 g/mol. The van der Waals surface area contributed by atoms with Crippen LogP contribution in [0.1, 0.15) is 6.42 Å². The highest BCUT2D eigenvalue weighted by Gasteiger charge is 2.43. The van der Waals surface area contributed by atoms with Crippen molar-refractivity contribution in [1.82, 2.24) is 4.90 Å². The van der Waals surface area contributed by atoms with Gasteiger partial charge in [-0.05, 0) is 30.3 Å². The van der Waals surface area contributed by atoms with Crippen LogP contribution in [0.4, 0.5) is 11.4 Å². The van der Waals surface area contributed by atoms with Gasteiger partial charge in [0.2, 0.25) is 5.91 Å². The van der Waals surface area contributed by atoms with Crippen molar-refractivity contribution in [3.63, 3.8) is 0 Å². The summed E-state index contributed by atoms with van der Waals surface area (Å²) < 4.78 is 5.46. The Kier molecular flexibility index (Phi) is 5.67. The van der Waals surface area contributed by atoms with Crippen LogP contribution < -0.4 is 14.5 Å². The molecule has 152 valence electrons. The second kappa shape index (κ2) is 8.22. The number of hydrogen-bond donors (Lipinski definition) is 0. The fraction of sp³-hybridized carbons (Fsp3) is 0.333. The van der Waals surface area contributed by atoms with E-state index < -0.39 is 6.04 Å². The smallest absolute Gasteiger partial charge is 0.251 e. The molecular weight excluding hydrogens is 413 g/mol. The molecule has 0 aromatic heterocycles. The lowest BCUT2D eigenvalue weighted by Crippen LogP contribution is -2.52. The molecule has 4 rings (SSSR count). The van der Waals surface area contributed by atoms with Gasteiger partial charge in [0.25, 0.3) is 5.91 Å². The number of rotatable bonds is 4. The number of carbonyl (C=O) groups is 2. The average Bonchev–Trinajstić information content (AvgIpc) is 3.04. The van der Waals surface area contributed by atoms with E-state index >= 15 is 0 Å². The highest BCUT2D eigenvalue weighted by Crippen LogP contribution is 2.33. The van der Waals surface area contributed by atoms with Crippen LogP contribution in [0.25, 0.3) is 0 Å². The fourth-order valence-corrected chi connectivity index (χ4v) is 4.25. The van der Waals surface area contributed by atoms with Crippen molar-refractivity contribution in [1.29, 1.82) is 0 Å². The Bertz CT molecular complexity index is 945. The summed E-state index contributed by atoms with van der Waals surface area (Å²) in [6.45, 7) is 2.89. The first-order valence-corrected chi connectivity index (χ1v) is 10.2. The Morgan fingerprint density at radius 2 is 1.69 bits per heavy atom. The van der Waals surface area contributed by atoms with Gasteiger partial charge in [0, 0.05) is 26.2 Å². The van der Waals surface area contributed by atoms with Crippen LogP contribution in [0.3, 0.4) is 0 Å². The first-order chi connectivity index (χ1) is 14.0. The number of ether oxygens (including phenoxy) is 1. The van der Waals surface area contributed by atoms with Gasteiger partial charge < -0.3 is 9.64 Å². The van der Waals surface area contributed by atoms with Crippen LogP contribution in [0, 0.1) is 0 Å². The Morgan fingerprint density at radius 3 is 2.38 bits per heavy atom. The largest absolute Gasteiger partial charge is 0.495 e. The number of hydrogen-bond acceptors (Lipinski definition) is 5. The highest BCUT2D eigenvalue weighted by atomic mass is 35.5. The minimum absolute atomic E-state index is 0.174. The number of nitrogens with zero attached hydrogens (tertiary/aromatic N) is 3. The van der Waals surface area contributed by atoms with Crippen molar-refractivity contribution < 1.29 is 14.3 Å². The number of halogens is 2. The van der Waals surface area contributed by atoms with Crippen LogP contribution in [-0.4, -0.2) is 56.0 Å². The molecule has 0 unspecified atom stereocenters. The van der Waals surface area contributed by atoms with Crippen LogP contribution >= 0.6 is 23.2 Å². The quantitative estimate of drug-likeness (QED) is 0.691. The van der Waals surface area contributed by atoms with E-state index in [2.05, 4.69) is 9.80 Å². The molecule has 0 saturated carbocycles. The lowest BCUT2D eigenvalue weighted by Gasteiger charge is -2.38. The number of anilines is 2. The van der Waals surface area contributed by atoms with Crippen LogP contribution in [0.2, 0.25) is 10.0 Å². The molecule has 2 aliphatic heterocycles. The maximum atomic E-state index is 13.0. The van der Waals surface area contributed by atoms with E-state index in [4.69, 9.17) is 27.9 Å². The molecule has 2 fully saturated rings. The Morgan fingerprint density at radius 1 is 0.966 bits per heavy atom. The molecule has 2 saturated heterocycles. The van der Waals surface area contributed by atoms with E-state index in [0.29, 0.717) is 28.8 Å². The van der Waals surface area contributed by atoms with E-state index in [0.717, 1.165) is 24.5 Å². The SMILES string of the molecule is COc1ccccc1N1CCN([C@H]2CC(=O)N(c3ccc(Cl)c(Cl)c3)C2=O)CC1. The Labute approximate surface area is 179 Å². The second-order valence-corrected chi connectivity index (χ2v) is 7.89. The molecule has 0 spiro atoms. The Balaban J connectivity index is 1.46. The van der Waals surface area contributed by atoms with E-state index in [1.807, 2.05) is 24.3 Å². The molecule has 2 aromatic rings. The van der Waals surface area contributed by atoms with Gasteiger partial charge in [-0.15, -0.1) is 0 Å². The number of carbonyl (C=O) groups excluding carboxylic acids is 2. The number of piperazine rings is 1. The summed E-state index contributed by atoms with van der Waals surface area (Å²) in [4.78, 5) is 31.1. The third-order valence-corrected chi connectivity index (χ3v) is 6.20. The van der Waals surface area contributed by atoms with Gasteiger partial charge in [-0.1, -0.05) is 35.3 Å². The van der Waals surface area contributed by atoms with Gasteiger partial charge in [-0.2, -0.15) is 0 Å². The topological polar surface area (TPSA) is 53.1 Å². The summed E-state index contributed by atoms with van der Waals surface area (Å²) in [7, 11) is 1.66. The molecular formula is C21H21Cl2N3O3. The van der Waals surface area contributed by atoms with E-state index in [-0.39, 0.29) is 18.2 Å². The van der Waals surface area contributed by atoms with Crippen molar-refractivity contribution in [2.45, 2.75) is 12.5 Å². The van der Waals surface area contributed by atoms with Crippen molar-refractivity contribution in [3.8, 4) is 5.75 Å². The van der Waals surface area contributed by atoms with Crippen molar-refractivity contribution in [3.05, 3.63) is 52.5 Å². The maximum Gasteiger partial charge on any atom is 0.251 e. The van der Waals surface area contributed by atoms with E-state index in [1.165, 1.54) is 4.90 Å². The van der Waals surface area contributed by atoms with Crippen molar-refractivity contribution in [2.24, 2.45) is 0 Å². The first kappa shape index (κ1) is 20.0. The molecule has 29 heavy (non-hydrogen) atoms. The van der Waals surface area contributed by atoms with E-state index in [9.17, 15) is 9.59 Å². The molecule has 2 aromatic carbocycles. The summed E-state index contributed by atoms with van der Waals surface area (Å²) in [5.74, 6) is 0.406. The van der Waals surface area contributed by atoms with Gasteiger partial charge in [0.15, 0.2) is 0 Å². The molecule has 6 nitrogen and oxygen atoms in total. The molecule has 0 radical (unpaired) electrons. The highest BCUT2D eigenvalue weighted by molar-refractivity contribution is 6.42. The number of amides is 2. The number of methoxy groups -OCH3 is 1. The van der Waals surface area contributed by atoms with Gasteiger partial charge in [-0.25, -0.2) is 4.90 Å². The minimum atomic E-state index is -0.447. The summed E-state index contributed by atoms with van der Waals surface area (Å²) in [6, 6.07) is 12.3. The lowest BCUT2D eigenvalue weighted by molar-refractivity contribution is -0.123. The third kappa shape index (κ3) is 3.80. The van der Waals surface area contributed by atoms with E-state index in [1.54, 1.807) is 25.3 Å². The molecule has 0 aliphatic carbocycles. The van der Waals surface area contributed by atoms with Crippen molar-refractivity contribution in [2.75, 3.05) is 43.1 Å². The maximum absolute atomic E-state index is 13.0. The number of imide groups is 1. The molecule has 1 atom stereocenters. The van der Waals surface area contributed by atoms with Gasteiger partial charge in [-0.3, -0.25) is 14.5 Å². The molecule has 0 bridgehead atoms. The molecule has 2 amide bonds. The normalized spacial score (nSPS) is 20.4. The molecule has 0 N–H and O–H groups in total. The van der Waals surface area contributed by atoms with Gasteiger partial charge in [0.05, 0.1) is 41.0 Å². The standard InChI is InChI=1S/C21H21Cl2N3O3/c1-29-19-5-3-2-4-17(19)24-8-10-25(11-9-24)18-13-20(27)26(21(18)28)14-6-7-15(22)16(23)12-14/h2-7,12,18H,8-11,13H2,1H3/t18-/m0/s1. The summed E-state index contributed by atoms with van der Waals surface area (Å²) >= 11 is 12.0. The number of benzene rings is 2. The zero-order chi connectivity index (χ0) is 20.5. The molecule has 2 aliphatic rings. The van der Waals surface area contributed by atoms with Gasteiger partial charge >= 0.3 is 0 Å². The van der Waals surface area contributed by atoms with Crippen molar-refractivity contribution >= 4 is 46.4 Å². The van der Waals surface area contributed by atoms with Crippen LogP contribution in [0.15, 0.2) is 42.5 Å². The predicted octanol–water partition coefficient (Wildman–Crippen LogP) is 3.46. The zero-order valence-electron chi connectivity index (χ0n) is 16.0. The Hall–Kier alpha value is -2.28. The van der Waals surface area contributed by atoms with Crippen LogP contribution in [0.5, 0.6) is 5.75 Å². The summed E-state index contributed by atoms with van der Waals surface area (Å²) in [5.41, 5.74) is 1.51. The lowest BCUT2D eigenvalue weighted by atomic mass is 10.1. The molecule has 8 heteroatoms. The summed E-state index contributed by atoms with van der Waals surface area (Å²) in [6.07, 6.45) is 0.174. The zero-order valence-corrected chi connectivity index (χ0v) is 17.5. The summed E-state index contributed by atoms with van der Waals surface area (Å²) in [5, 5.41) is 0.706. The third-order valence-electron chi connectivity index (χ3n) is 5.47. The first-order valence-electron chi connectivity index (χ1n) is 9.43. The number of para-hydroxylation sites is 2. The second-order valence-electron chi connectivity index (χ2n) is 7.08. The molecule has 2 heterocycles. The van der Waals surface area contributed by atoms with Gasteiger partial charge in [0.1, 0.15) is 5.75 Å². The monoisotopic (exact) mass is 433 g/mol. The fourth-order valence-electron chi connectivity index (χ4n) is 3.96. The van der Waals surface area contributed by atoms with Crippen LogP contribution in [-0.2, 0) is 9.59 Å². The predicted molar refractivity (Wildman–Crippen MR) is 114 cm³/mol.